The summed E-state index contributed by atoms with van der Waals surface area (Å²) in [7, 11) is 0. The molecular weight excluding hydrogens is 232 g/mol. The molecule has 0 saturated heterocycles. The van der Waals surface area contributed by atoms with E-state index in [1.165, 1.54) is 0 Å². The maximum absolute atomic E-state index is 11.7. The van der Waals surface area contributed by atoms with Crippen molar-refractivity contribution in [2.75, 3.05) is 6.61 Å². The first-order chi connectivity index (χ1) is 8.58. The summed E-state index contributed by atoms with van der Waals surface area (Å²) < 4.78 is 0. The van der Waals surface area contributed by atoms with Crippen LogP contribution in [0.5, 0.6) is 0 Å². The van der Waals surface area contributed by atoms with Gasteiger partial charge in [0.1, 0.15) is 5.56 Å². The lowest BCUT2D eigenvalue weighted by molar-refractivity contribution is 0.0207. The molecule has 0 spiro atoms. The Balaban J connectivity index is 1.99. The van der Waals surface area contributed by atoms with Gasteiger partial charge < -0.3 is 4.98 Å². The quantitative estimate of drug-likeness (QED) is 0.779. The van der Waals surface area contributed by atoms with E-state index in [4.69, 9.17) is 4.84 Å². The Labute approximate surface area is 106 Å². The molecule has 0 bridgehead atoms. The van der Waals surface area contributed by atoms with Crippen LogP contribution in [0.3, 0.4) is 0 Å². The summed E-state index contributed by atoms with van der Waals surface area (Å²) in [5, 5.41) is 0. The Morgan fingerprint density at radius 3 is 2.78 bits per heavy atom. The third-order valence-electron chi connectivity index (χ3n) is 2.78. The number of amides is 1. The van der Waals surface area contributed by atoms with Gasteiger partial charge in [0.05, 0.1) is 6.61 Å². The van der Waals surface area contributed by atoms with Crippen molar-refractivity contribution in [2.45, 2.75) is 32.6 Å². The molecule has 0 aromatic carbocycles. The monoisotopic (exact) mass is 250 g/mol. The highest BCUT2D eigenvalue weighted by atomic mass is 16.6. The average Bonchev–Trinajstić information content (AvgIpc) is 3.11. The van der Waals surface area contributed by atoms with Crippen LogP contribution in [-0.2, 0) is 4.84 Å². The zero-order valence-electron chi connectivity index (χ0n) is 10.7. The normalized spacial score (nSPS) is 14.8. The summed E-state index contributed by atoms with van der Waals surface area (Å²) in [5.41, 5.74) is 2.92. The molecule has 1 heterocycles. The highest BCUT2D eigenvalue weighted by Crippen LogP contribution is 2.38. The van der Waals surface area contributed by atoms with Gasteiger partial charge in [-0.3, -0.25) is 14.4 Å². The lowest BCUT2D eigenvalue weighted by Crippen LogP contribution is -2.31. The number of rotatable bonds is 5. The lowest BCUT2D eigenvalue weighted by Gasteiger charge is -2.07. The molecule has 1 aromatic heterocycles. The number of aromatic amines is 1. The van der Waals surface area contributed by atoms with Crippen molar-refractivity contribution >= 4 is 5.91 Å². The summed E-state index contributed by atoms with van der Waals surface area (Å²) in [4.78, 5) is 31.2. The molecule has 0 aliphatic heterocycles. The van der Waals surface area contributed by atoms with Crippen molar-refractivity contribution in [1.82, 2.24) is 10.5 Å². The van der Waals surface area contributed by atoms with Crippen molar-refractivity contribution < 1.29 is 9.63 Å². The minimum absolute atomic E-state index is 0.0863. The third kappa shape index (κ3) is 3.20. The lowest BCUT2D eigenvalue weighted by atomic mass is 10.2. The molecule has 0 atom stereocenters. The Bertz CT molecular complexity index is 489. The molecule has 1 saturated carbocycles. The largest absolute Gasteiger partial charge is 0.325 e. The van der Waals surface area contributed by atoms with Crippen molar-refractivity contribution in [1.29, 1.82) is 0 Å². The Kier molecular flexibility index (Phi) is 3.81. The van der Waals surface area contributed by atoms with E-state index in [2.05, 4.69) is 10.5 Å². The molecule has 2 N–H and O–H groups in total. The van der Waals surface area contributed by atoms with Crippen LogP contribution in [0.15, 0.2) is 16.9 Å². The van der Waals surface area contributed by atoms with E-state index < -0.39 is 5.91 Å². The summed E-state index contributed by atoms with van der Waals surface area (Å²) in [6.45, 7) is 4.37. The first kappa shape index (κ1) is 12.8. The number of aromatic nitrogens is 1. The van der Waals surface area contributed by atoms with Gasteiger partial charge in [-0.15, -0.1) is 0 Å². The van der Waals surface area contributed by atoms with Gasteiger partial charge in [0, 0.05) is 5.69 Å². The number of pyridine rings is 1. The average molecular weight is 250 g/mol. The second kappa shape index (κ2) is 5.35. The molecule has 5 nitrogen and oxygen atoms in total. The van der Waals surface area contributed by atoms with Gasteiger partial charge in [-0.05, 0) is 36.8 Å². The maximum atomic E-state index is 11.7. The fraction of sp³-hybridized carbons (Fsp3) is 0.538. The third-order valence-corrected chi connectivity index (χ3v) is 2.78. The van der Waals surface area contributed by atoms with Gasteiger partial charge in [0.25, 0.3) is 11.5 Å². The van der Waals surface area contributed by atoms with Crippen molar-refractivity contribution in [3.05, 3.63) is 33.7 Å². The van der Waals surface area contributed by atoms with E-state index in [0.717, 1.165) is 18.5 Å². The molecule has 1 aromatic rings. The SMILES string of the molecule is CC(C)CONC(=O)c1ccc(C2CC2)[nH]c1=O. The zero-order chi connectivity index (χ0) is 13.1. The number of hydrogen-bond donors (Lipinski definition) is 2. The number of H-pyrrole nitrogens is 1. The molecule has 1 aliphatic rings. The van der Waals surface area contributed by atoms with E-state index in [0.29, 0.717) is 18.4 Å². The Morgan fingerprint density at radius 1 is 1.50 bits per heavy atom. The van der Waals surface area contributed by atoms with Crippen LogP contribution in [0.1, 0.15) is 48.7 Å². The molecule has 1 amide bonds. The minimum Gasteiger partial charge on any atom is -0.325 e. The van der Waals surface area contributed by atoms with E-state index in [1.807, 2.05) is 13.8 Å². The van der Waals surface area contributed by atoms with E-state index in [1.54, 1.807) is 12.1 Å². The maximum Gasteiger partial charge on any atom is 0.280 e. The first-order valence-corrected chi connectivity index (χ1v) is 6.23. The summed E-state index contributed by atoms with van der Waals surface area (Å²) in [6, 6.07) is 3.36. The van der Waals surface area contributed by atoms with Crippen LogP contribution >= 0.6 is 0 Å². The van der Waals surface area contributed by atoms with Gasteiger partial charge in [-0.25, -0.2) is 5.48 Å². The number of nitrogens with one attached hydrogen (secondary N) is 2. The second-order valence-corrected chi connectivity index (χ2v) is 5.07. The highest BCUT2D eigenvalue weighted by Gasteiger charge is 2.25. The molecule has 5 heteroatoms. The molecule has 98 valence electrons. The zero-order valence-corrected chi connectivity index (χ0v) is 10.7. The molecule has 1 fully saturated rings. The summed E-state index contributed by atoms with van der Waals surface area (Å²) in [5.74, 6) is 0.284. The van der Waals surface area contributed by atoms with E-state index >= 15 is 0 Å². The molecule has 1 aliphatic carbocycles. The van der Waals surface area contributed by atoms with Gasteiger partial charge >= 0.3 is 0 Å². The highest BCUT2D eigenvalue weighted by molar-refractivity contribution is 5.93. The molecule has 2 rings (SSSR count). The smallest absolute Gasteiger partial charge is 0.280 e. The van der Waals surface area contributed by atoms with Crippen LogP contribution in [0.2, 0.25) is 0 Å². The van der Waals surface area contributed by atoms with Crippen LogP contribution in [0.25, 0.3) is 0 Å². The predicted molar refractivity (Wildman–Crippen MR) is 67.3 cm³/mol. The molecule has 0 unspecified atom stereocenters. The standard InChI is InChI=1S/C13H18N2O3/c1-8(2)7-18-15-13(17)10-5-6-11(9-3-4-9)14-12(10)16/h5-6,8-9H,3-4,7H2,1-2H3,(H,14,16)(H,15,17). The van der Waals surface area contributed by atoms with Gasteiger partial charge in [0.15, 0.2) is 0 Å². The summed E-state index contributed by atoms with van der Waals surface area (Å²) >= 11 is 0. The molecule has 0 radical (unpaired) electrons. The second-order valence-electron chi connectivity index (χ2n) is 5.07. The van der Waals surface area contributed by atoms with Gasteiger partial charge in [-0.1, -0.05) is 13.8 Å². The Morgan fingerprint density at radius 2 is 2.22 bits per heavy atom. The number of hydrogen-bond acceptors (Lipinski definition) is 3. The van der Waals surface area contributed by atoms with E-state index in [9.17, 15) is 9.59 Å². The van der Waals surface area contributed by atoms with Crippen LogP contribution in [0.4, 0.5) is 0 Å². The van der Waals surface area contributed by atoms with Crippen LogP contribution in [-0.4, -0.2) is 17.5 Å². The number of hydroxylamine groups is 1. The molecule has 18 heavy (non-hydrogen) atoms. The number of carbonyl (C=O) groups excluding carboxylic acids is 1. The Hall–Kier alpha value is -1.62. The fourth-order valence-corrected chi connectivity index (χ4v) is 1.63. The fourth-order valence-electron chi connectivity index (χ4n) is 1.63. The summed E-state index contributed by atoms with van der Waals surface area (Å²) in [6.07, 6.45) is 2.22. The number of carbonyl (C=O) groups is 1. The predicted octanol–water partition coefficient (Wildman–Crippen LogP) is 1.57. The minimum atomic E-state index is -0.501. The molecular formula is C13H18N2O3. The van der Waals surface area contributed by atoms with Gasteiger partial charge in [0.2, 0.25) is 0 Å². The van der Waals surface area contributed by atoms with Crippen LogP contribution < -0.4 is 11.0 Å². The van der Waals surface area contributed by atoms with Crippen molar-refractivity contribution in [3.63, 3.8) is 0 Å². The van der Waals surface area contributed by atoms with Crippen molar-refractivity contribution in [2.24, 2.45) is 5.92 Å². The first-order valence-electron chi connectivity index (χ1n) is 6.23. The van der Waals surface area contributed by atoms with Crippen molar-refractivity contribution in [3.8, 4) is 0 Å². The van der Waals surface area contributed by atoms with Crippen LogP contribution in [0, 0.1) is 5.92 Å². The topological polar surface area (TPSA) is 71.2 Å². The van der Waals surface area contributed by atoms with E-state index in [-0.39, 0.29) is 11.1 Å². The van der Waals surface area contributed by atoms with Gasteiger partial charge in [-0.2, -0.15) is 0 Å².